The Labute approximate surface area is 62.6 Å². The van der Waals surface area contributed by atoms with Crippen molar-refractivity contribution in [2.24, 2.45) is 0 Å². The molecule has 1 heterocycles. The van der Waals surface area contributed by atoms with E-state index in [2.05, 4.69) is 0 Å². The van der Waals surface area contributed by atoms with Crippen LogP contribution in [0.2, 0.25) is 0 Å². The van der Waals surface area contributed by atoms with Crippen molar-refractivity contribution in [3.8, 4) is 0 Å². The maximum Gasteiger partial charge on any atom is 0.204 e. The topological polar surface area (TPSA) is 74.6 Å². The first-order chi connectivity index (χ1) is 4.51. The Hall–Kier alpha value is 0.220. The molecule has 0 aromatic carbocycles. The lowest BCUT2D eigenvalue weighted by Gasteiger charge is -2.21. The second kappa shape index (κ2) is 2.69. The van der Waals surface area contributed by atoms with Gasteiger partial charge in [-0.1, -0.05) is 0 Å². The van der Waals surface area contributed by atoms with Gasteiger partial charge in [-0.3, -0.25) is 0 Å². The van der Waals surface area contributed by atoms with Crippen molar-refractivity contribution in [1.82, 2.24) is 0 Å². The highest BCUT2D eigenvalue weighted by atomic mass is 33.1. The van der Waals surface area contributed by atoms with E-state index in [9.17, 15) is 8.42 Å². The van der Waals surface area contributed by atoms with Crippen LogP contribution in [0.25, 0.3) is 0 Å². The average molecular weight is 184 g/mol. The van der Waals surface area contributed by atoms with Gasteiger partial charge in [0.05, 0.1) is 18.0 Å². The van der Waals surface area contributed by atoms with E-state index in [1.807, 2.05) is 0 Å². The molecule has 1 aliphatic rings. The molecule has 2 N–H and O–H groups in total. The Morgan fingerprint density at radius 2 is 1.90 bits per heavy atom. The van der Waals surface area contributed by atoms with Crippen molar-refractivity contribution < 1.29 is 18.6 Å². The standard InChI is InChI=1S/C4H8O4S2/c5-3-1-9-10(7,8)2-4(3)6/h3-6H,1-2H2/t3?,4-/m1/s1. The zero-order valence-corrected chi connectivity index (χ0v) is 6.73. The second-order valence-corrected chi connectivity index (χ2v) is 6.39. The van der Waals surface area contributed by atoms with Crippen LogP contribution in [0, 0.1) is 0 Å². The summed E-state index contributed by atoms with van der Waals surface area (Å²) in [5.41, 5.74) is 0. The summed E-state index contributed by atoms with van der Waals surface area (Å²) >= 11 is 0. The van der Waals surface area contributed by atoms with Crippen LogP contribution in [-0.2, 0) is 8.87 Å². The molecule has 0 saturated carbocycles. The normalized spacial score (nSPS) is 39.4. The summed E-state index contributed by atoms with van der Waals surface area (Å²) < 4.78 is 21.4. The molecule has 1 aliphatic heterocycles. The summed E-state index contributed by atoms with van der Waals surface area (Å²) in [6.45, 7) is 0. The van der Waals surface area contributed by atoms with Gasteiger partial charge in [0.1, 0.15) is 0 Å². The molecule has 10 heavy (non-hydrogen) atoms. The summed E-state index contributed by atoms with van der Waals surface area (Å²) in [6, 6.07) is 0. The van der Waals surface area contributed by atoms with Crippen molar-refractivity contribution in [3.63, 3.8) is 0 Å². The minimum atomic E-state index is -3.16. The molecule has 0 bridgehead atoms. The molecule has 0 radical (unpaired) electrons. The van der Waals surface area contributed by atoms with Crippen LogP contribution in [0.4, 0.5) is 0 Å². The molecule has 2 atom stereocenters. The fourth-order valence-electron chi connectivity index (χ4n) is 0.653. The molecule has 0 aliphatic carbocycles. The van der Waals surface area contributed by atoms with E-state index in [-0.39, 0.29) is 11.5 Å². The van der Waals surface area contributed by atoms with Crippen LogP contribution in [0.3, 0.4) is 0 Å². The fraction of sp³-hybridized carbons (Fsp3) is 1.00. The average Bonchev–Trinajstić information content (AvgIpc) is 1.79. The first kappa shape index (κ1) is 8.32. The maximum absolute atomic E-state index is 10.7. The zero-order valence-electron chi connectivity index (χ0n) is 5.10. The minimum absolute atomic E-state index is 0.0729. The summed E-state index contributed by atoms with van der Waals surface area (Å²) in [6.07, 6.45) is -2.00. The molecule has 0 aromatic heterocycles. The van der Waals surface area contributed by atoms with Crippen LogP contribution < -0.4 is 0 Å². The minimum Gasteiger partial charge on any atom is -0.389 e. The van der Waals surface area contributed by atoms with E-state index in [1.165, 1.54) is 0 Å². The third-order valence-electron chi connectivity index (χ3n) is 1.24. The molecule has 1 saturated heterocycles. The fourth-order valence-corrected chi connectivity index (χ4v) is 3.71. The lowest BCUT2D eigenvalue weighted by atomic mass is 10.3. The Bertz CT molecular complexity index is 209. The highest BCUT2D eigenvalue weighted by Crippen LogP contribution is 2.22. The first-order valence-electron chi connectivity index (χ1n) is 2.74. The highest BCUT2D eigenvalue weighted by molar-refractivity contribution is 8.72. The molecule has 0 amide bonds. The zero-order chi connectivity index (χ0) is 7.78. The maximum atomic E-state index is 10.7. The molecule has 6 heteroatoms. The molecule has 60 valence electrons. The summed E-state index contributed by atoms with van der Waals surface area (Å²) in [5, 5.41) is 17.7. The van der Waals surface area contributed by atoms with Crippen molar-refractivity contribution in [2.45, 2.75) is 12.2 Å². The van der Waals surface area contributed by atoms with E-state index in [1.54, 1.807) is 0 Å². The summed E-state index contributed by atoms with van der Waals surface area (Å²) in [4.78, 5) is 0. The molecule has 1 rings (SSSR count). The number of hydrogen-bond donors (Lipinski definition) is 2. The van der Waals surface area contributed by atoms with Crippen molar-refractivity contribution in [1.29, 1.82) is 0 Å². The number of aliphatic hydroxyl groups excluding tert-OH is 2. The number of aliphatic hydroxyl groups is 2. The Morgan fingerprint density at radius 3 is 2.30 bits per heavy atom. The van der Waals surface area contributed by atoms with Gasteiger partial charge >= 0.3 is 0 Å². The van der Waals surface area contributed by atoms with Gasteiger partial charge in [-0.15, -0.1) is 0 Å². The first-order valence-corrected chi connectivity index (χ1v) is 5.90. The largest absolute Gasteiger partial charge is 0.389 e. The molecule has 0 aromatic rings. The predicted molar refractivity (Wildman–Crippen MR) is 38.3 cm³/mol. The summed E-state index contributed by atoms with van der Waals surface area (Å²) in [7, 11) is -2.46. The lowest BCUT2D eigenvalue weighted by molar-refractivity contribution is 0.0480. The quantitative estimate of drug-likeness (QED) is 0.462. The van der Waals surface area contributed by atoms with E-state index in [0.29, 0.717) is 10.8 Å². The van der Waals surface area contributed by atoms with Crippen LogP contribution in [-0.4, -0.2) is 42.3 Å². The number of rotatable bonds is 0. The van der Waals surface area contributed by atoms with Crippen LogP contribution in [0.1, 0.15) is 0 Å². The van der Waals surface area contributed by atoms with Gasteiger partial charge in [0.25, 0.3) is 0 Å². The predicted octanol–water partition coefficient (Wildman–Crippen LogP) is -1.22. The van der Waals surface area contributed by atoms with Gasteiger partial charge in [-0.05, 0) is 10.8 Å². The smallest absolute Gasteiger partial charge is 0.204 e. The molecule has 1 fully saturated rings. The highest BCUT2D eigenvalue weighted by Gasteiger charge is 2.30. The van der Waals surface area contributed by atoms with Crippen LogP contribution in [0.15, 0.2) is 0 Å². The molecular weight excluding hydrogens is 176 g/mol. The van der Waals surface area contributed by atoms with E-state index in [4.69, 9.17) is 10.2 Å². The van der Waals surface area contributed by atoms with Gasteiger partial charge < -0.3 is 10.2 Å². The van der Waals surface area contributed by atoms with Crippen molar-refractivity contribution >= 4 is 19.7 Å². The molecule has 4 nitrogen and oxygen atoms in total. The van der Waals surface area contributed by atoms with Gasteiger partial charge in [-0.25, -0.2) is 8.42 Å². The van der Waals surface area contributed by atoms with Crippen LogP contribution >= 0.6 is 10.8 Å². The monoisotopic (exact) mass is 184 g/mol. The Balaban J connectivity index is 2.66. The Morgan fingerprint density at radius 1 is 1.30 bits per heavy atom. The van der Waals surface area contributed by atoms with Crippen molar-refractivity contribution in [2.75, 3.05) is 11.5 Å². The molecule has 1 unspecified atom stereocenters. The Kier molecular flexibility index (Phi) is 2.24. The van der Waals surface area contributed by atoms with Gasteiger partial charge in [-0.2, -0.15) is 0 Å². The SMILES string of the molecule is O=S1(=O)C[C@@H](O)C(O)CS1. The lowest BCUT2D eigenvalue weighted by Crippen LogP contribution is -2.38. The van der Waals surface area contributed by atoms with E-state index in [0.717, 1.165) is 0 Å². The van der Waals surface area contributed by atoms with Gasteiger partial charge in [0.2, 0.25) is 8.87 Å². The summed E-state index contributed by atoms with van der Waals surface area (Å²) in [5.74, 6) is -0.262. The van der Waals surface area contributed by atoms with E-state index >= 15 is 0 Å². The van der Waals surface area contributed by atoms with Crippen molar-refractivity contribution in [3.05, 3.63) is 0 Å². The van der Waals surface area contributed by atoms with E-state index < -0.39 is 21.1 Å². The third-order valence-corrected chi connectivity index (χ3v) is 4.72. The molecular formula is C4H8O4S2. The van der Waals surface area contributed by atoms with Gasteiger partial charge in [0.15, 0.2) is 0 Å². The third kappa shape index (κ3) is 1.85. The van der Waals surface area contributed by atoms with Gasteiger partial charge in [0, 0.05) is 5.75 Å². The molecule has 0 spiro atoms. The second-order valence-electron chi connectivity index (χ2n) is 2.14. The number of hydrogen-bond acceptors (Lipinski definition) is 5. The van der Waals surface area contributed by atoms with Crippen LogP contribution in [0.5, 0.6) is 0 Å².